The second-order valence-corrected chi connectivity index (χ2v) is 7.74. The number of hydrogen-bond acceptors (Lipinski definition) is 4. The molecule has 1 aromatic rings. The highest BCUT2D eigenvalue weighted by Crippen LogP contribution is 2.21. The van der Waals surface area contributed by atoms with Gasteiger partial charge < -0.3 is 10.0 Å². The van der Waals surface area contributed by atoms with Crippen molar-refractivity contribution in [3.8, 4) is 0 Å². The number of carboxylic acid groups (broad SMARTS) is 1. The molecule has 1 aliphatic rings. The highest BCUT2D eigenvalue weighted by molar-refractivity contribution is 7.99. The first kappa shape index (κ1) is 17.3. The minimum Gasteiger partial charge on any atom is -0.481 e. The normalized spacial score (nSPS) is 18.4. The molecule has 0 bridgehead atoms. The summed E-state index contributed by atoms with van der Waals surface area (Å²) in [4.78, 5) is 26.4. The molecular formula is C16H23NO3S2. The summed E-state index contributed by atoms with van der Waals surface area (Å²) in [5.41, 5.74) is 0. The largest absolute Gasteiger partial charge is 0.481 e. The number of rotatable bonds is 8. The fraction of sp³-hybridized carbons (Fsp3) is 0.625. The minimum absolute atomic E-state index is 0.0666. The van der Waals surface area contributed by atoms with Gasteiger partial charge in [-0.15, -0.1) is 11.3 Å². The predicted octanol–water partition coefficient (Wildman–Crippen LogP) is 3.27. The van der Waals surface area contributed by atoms with Gasteiger partial charge >= 0.3 is 5.97 Å². The first-order valence-corrected chi connectivity index (χ1v) is 9.81. The van der Waals surface area contributed by atoms with Crippen LogP contribution in [0.3, 0.4) is 0 Å². The zero-order chi connectivity index (χ0) is 15.8. The van der Waals surface area contributed by atoms with Gasteiger partial charge in [0.1, 0.15) is 0 Å². The number of hydrogen-bond donors (Lipinski definition) is 1. The van der Waals surface area contributed by atoms with Crippen LogP contribution in [0.5, 0.6) is 0 Å². The summed E-state index contributed by atoms with van der Waals surface area (Å²) in [7, 11) is 0. The van der Waals surface area contributed by atoms with E-state index < -0.39 is 5.97 Å². The lowest BCUT2D eigenvalue weighted by Crippen LogP contribution is -2.47. The molecule has 0 aliphatic carbocycles. The molecule has 22 heavy (non-hydrogen) atoms. The lowest BCUT2D eigenvalue weighted by atomic mass is 10.1. The van der Waals surface area contributed by atoms with Crippen LogP contribution in [0.2, 0.25) is 0 Å². The molecule has 0 saturated carbocycles. The molecule has 6 heteroatoms. The second-order valence-electron chi connectivity index (χ2n) is 5.55. The smallest absolute Gasteiger partial charge is 0.305 e. The van der Waals surface area contributed by atoms with Crippen molar-refractivity contribution in [2.45, 2.75) is 44.6 Å². The van der Waals surface area contributed by atoms with Crippen LogP contribution >= 0.6 is 23.1 Å². The third kappa shape index (κ3) is 5.65. The summed E-state index contributed by atoms with van der Waals surface area (Å²) in [5, 5.41) is 11.0. The van der Waals surface area contributed by atoms with Gasteiger partial charge in [0.15, 0.2) is 0 Å². The Hall–Kier alpha value is -1.01. The van der Waals surface area contributed by atoms with E-state index in [0.29, 0.717) is 13.0 Å². The van der Waals surface area contributed by atoms with Crippen molar-refractivity contribution in [3.05, 3.63) is 22.4 Å². The Morgan fingerprint density at radius 1 is 1.32 bits per heavy atom. The van der Waals surface area contributed by atoms with E-state index in [9.17, 15) is 9.59 Å². The maximum atomic E-state index is 12.3. The molecule has 4 nitrogen and oxygen atoms in total. The molecule has 2 heterocycles. The first-order chi connectivity index (χ1) is 10.7. The highest BCUT2D eigenvalue weighted by atomic mass is 32.2. The monoisotopic (exact) mass is 341 g/mol. The molecule has 0 aromatic carbocycles. The molecule has 1 fully saturated rings. The van der Waals surface area contributed by atoms with Gasteiger partial charge in [0.2, 0.25) is 5.91 Å². The van der Waals surface area contributed by atoms with Gasteiger partial charge in [-0.3, -0.25) is 9.59 Å². The topological polar surface area (TPSA) is 57.6 Å². The number of aryl methyl sites for hydroxylation is 1. The van der Waals surface area contributed by atoms with Crippen LogP contribution in [0.1, 0.15) is 37.0 Å². The number of aliphatic carboxylic acids is 1. The Labute approximate surface area is 139 Å². The lowest BCUT2D eigenvalue weighted by molar-refractivity contribution is -0.140. The number of thioether (sulfide) groups is 1. The van der Waals surface area contributed by atoms with E-state index in [1.54, 1.807) is 28.0 Å². The van der Waals surface area contributed by atoms with E-state index in [-0.39, 0.29) is 18.4 Å². The molecule has 1 atom stereocenters. The van der Waals surface area contributed by atoms with E-state index in [1.807, 2.05) is 0 Å². The lowest BCUT2D eigenvalue weighted by Gasteiger charge is -2.34. The fourth-order valence-electron chi connectivity index (χ4n) is 2.70. The molecule has 1 aliphatic heterocycles. The van der Waals surface area contributed by atoms with Gasteiger partial charge in [-0.05, 0) is 30.7 Å². The van der Waals surface area contributed by atoms with Crippen molar-refractivity contribution in [2.75, 3.05) is 18.1 Å². The highest BCUT2D eigenvalue weighted by Gasteiger charge is 2.28. The molecule has 2 rings (SSSR count). The van der Waals surface area contributed by atoms with Crippen LogP contribution in [0.4, 0.5) is 0 Å². The van der Waals surface area contributed by atoms with Crippen molar-refractivity contribution >= 4 is 35.0 Å². The van der Waals surface area contributed by atoms with Crippen LogP contribution in [-0.2, 0) is 16.0 Å². The van der Waals surface area contributed by atoms with Gasteiger partial charge in [-0.2, -0.15) is 11.8 Å². The van der Waals surface area contributed by atoms with Crippen molar-refractivity contribution in [1.82, 2.24) is 4.90 Å². The van der Waals surface area contributed by atoms with Crippen LogP contribution in [0.15, 0.2) is 17.5 Å². The Morgan fingerprint density at radius 2 is 2.18 bits per heavy atom. The standard InChI is InChI=1S/C16H23NO3S2/c18-15(7-3-1-2-5-14-6-4-9-22-14)17-8-10-21-12-13(17)11-16(19)20/h4,6,9,13H,1-3,5,7-8,10-12H2,(H,19,20). The van der Waals surface area contributed by atoms with Crippen LogP contribution in [-0.4, -0.2) is 46.0 Å². The van der Waals surface area contributed by atoms with Crippen molar-refractivity contribution in [2.24, 2.45) is 0 Å². The Bertz CT molecular complexity index is 476. The Kier molecular flexibility index (Phi) is 7.25. The van der Waals surface area contributed by atoms with E-state index in [2.05, 4.69) is 17.5 Å². The quantitative estimate of drug-likeness (QED) is 0.737. The molecule has 1 saturated heterocycles. The number of nitrogens with zero attached hydrogens (tertiary/aromatic N) is 1. The zero-order valence-corrected chi connectivity index (χ0v) is 14.3. The van der Waals surface area contributed by atoms with Gasteiger partial charge in [-0.1, -0.05) is 12.5 Å². The number of carbonyl (C=O) groups excluding carboxylic acids is 1. The maximum absolute atomic E-state index is 12.3. The number of amides is 1. The van der Waals surface area contributed by atoms with Crippen LogP contribution in [0, 0.1) is 0 Å². The number of carbonyl (C=O) groups is 2. The van der Waals surface area contributed by atoms with E-state index >= 15 is 0 Å². The van der Waals surface area contributed by atoms with E-state index in [1.165, 1.54) is 4.88 Å². The zero-order valence-electron chi connectivity index (χ0n) is 12.7. The van der Waals surface area contributed by atoms with Gasteiger partial charge in [0, 0.05) is 29.3 Å². The molecule has 1 N–H and O–H groups in total. The Morgan fingerprint density at radius 3 is 2.91 bits per heavy atom. The summed E-state index contributed by atoms with van der Waals surface area (Å²) >= 11 is 3.52. The second kappa shape index (κ2) is 9.20. The number of unbranched alkanes of at least 4 members (excludes halogenated alkanes) is 2. The molecule has 1 amide bonds. The minimum atomic E-state index is -0.818. The predicted molar refractivity (Wildman–Crippen MR) is 91.6 cm³/mol. The summed E-state index contributed by atoms with van der Waals surface area (Å²) in [6.07, 6.45) is 4.77. The van der Waals surface area contributed by atoms with Crippen molar-refractivity contribution < 1.29 is 14.7 Å². The average molecular weight is 341 g/mol. The molecular weight excluding hydrogens is 318 g/mol. The third-order valence-corrected chi connectivity index (χ3v) is 5.88. The SMILES string of the molecule is O=C(O)CC1CSCCN1C(=O)CCCCCc1cccs1. The van der Waals surface area contributed by atoms with Crippen molar-refractivity contribution in [3.63, 3.8) is 0 Å². The first-order valence-electron chi connectivity index (χ1n) is 7.78. The van der Waals surface area contributed by atoms with Crippen LogP contribution in [0.25, 0.3) is 0 Å². The molecule has 0 radical (unpaired) electrons. The molecule has 1 unspecified atom stereocenters. The Balaban J connectivity index is 1.67. The van der Waals surface area contributed by atoms with E-state index in [4.69, 9.17) is 5.11 Å². The van der Waals surface area contributed by atoms with E-state index in [0.717, 1.165) is 37.2 Å². The fourth-order valence-corrected chi connectivity index (χ4v) is 4.52. The maximum Gasteiger partial charge on any atom is 0.305 e. The third-order valence-electron chi connectivity index (χ3n) is 3.85. The van der Waals surface area contributed by atoms with Gasteiger partial charge in [0.25, 0.3) is 0 Å². The molecule has 1 aromatic heterocycles. The molecule has 122 valence electrons. The molecule has 0 spiro atoms. The average Bonchev–Trinajstić information content (AvgIpc) is 3.00. The summed E-state index contributed by atoms with van der Waals surface area (Å²) in [6.45, 7) is 0.691. The van der Waals surface area contributed by atoms with Gasteiger partial charge in [-0.25, -0.2) is 0 Å². The summed E-state index contributed by atoms with van der Waals surface area (Å²) in [5.74, 6) is 0.973. The number of carboxylic acids is 1. The van der Waals surface area contributed by atoms with Crippen LogP contribution < -0.4 is 0 Å². The number of thiophene rings is 1. The summed E-state index contributed by atoms with van der Waals surface area (Å²) < 4.78 is 0. The van der Waals surface area contributed by atoms with Crippen molar-refractivity contribution in [1.29, 1.82) is 0 Å². The summed E-state index contributed by atoms with van der Waals surface area (Å²) in [6, 6.07) is 4.09. The van der Waals surface area contributed by atoms with Gasteiger partial charge in [0.05, 0.1) is 12.5 Å².